The number of hydrogen-bond acceptors (Lipinski definition) is 4. The molecule has 2 N–H and O–H groups in total. The summed E-state index contributed by atoms with van der Waals surface area (Å²) in [5.41, 5.74) is 1.38. The van der Waals surface area contributed by atoms with Gasteiger partial charge in [-0.15, -0.1) is 0 Å². The van der Waals surface area contributed by atoms with E-state index in [4.69, 9.17) is 4.74 Å². The monoisotopic (exact) mass is 423 g/mol. The highest BCUT2D eigenvalue weighted by atomic mass is 16.5. The number of para-hydroxylation sites is 1. The molecule has 0 bridgehead atoms. The van der Waals surface area contributed by atoms with Gasteiger partial charge >= 0.3 is 6.03 Å². The molecule has 0 spiro atoms. The van der Waals surface area contributed by atoms with Crippen LogP contribution in [0.2, 0.25) is 0 Å². The summed E-state index contributed by atoms with van der Waals surface area (Å²) >= 11 is 0. The lowest BCUT2D eigenvalue weighted by Crippen LogP contribution is -2.43. The first-order chi connectivity index (χ1) is 14.6. The van der Waals surface area contributed by atoms with E-state index in [-0.39, 0.29) is 18.5 Å². The molecule has 1 heterocycles. The van der Waals surface area contributed by atoms with Gasteiger partial charge in [-0.05, 0) is 29.5 Å². The molecule has 1 saturated heterocycles. The van der Waals surface area contributed by atoms with Crippen LogP contribution in [0.5, 0.6) is 5.75 Å². The highest BCUT2D eigenvalue weighted by Gasteiger charge is 2.49. The molecule has 0 unspecified atom stereocenters. The highest BCUT2D eigenvalue weighted by molar-refractivity contribution is 6.09. The summed E-state index contributed by atoms with van der Waals surface area (Å²) in [6.45, 7) is 7.87. The smallest absolute Gasteiger partial charge is 0.325 e. The van der Waals surface area contributed by atoms with E-state index in [1.807, 2.05) is 42.5 Å². The van der Waals surface area contributed by atoms with Crippen molar-refractivity contribution in [1.82, 2.24) is 15.5 Å². The molecular formula is C24H29N3O4. The third-order valence-corrected chi connectivity index (χ3v) is 5.57. The molecule has 3 rings (SSSR count). The van der Waals surface area contributed by atoms with E-state index in [2.05, 4.69) is 31.4 Å². The Balaban J connectivity index is 1.69. The van der Waals surface area contributed by atoms with Crippen LogP contribution in [0.3, 0.4) is 0 Å². The topological polar surface area (TPSA) is 87.7 Å². The molecule has 31 heavy (non-hydrogen) atoms. The van der Waals surface area contributed by atoms with Crippen LogP contribution in [-0.4, -0.2) is 36.4 Å². The first kappa shape index (κ1) is 22.3. The van der Waals surface area contributed by atoms with Gasteiger partial charge in [0.05, 0.1) is 7.11 Å². The molecule has 0 saturated carbocycles. The van der Waals surface area contributed by atoms with Crippen molar-refractivity contribution < 1.29 is 19.1 Å². The molecule has 4 amide bonds. The number of carbonyl (C=O) groups is 3. The number of imide groups is 1. The van der Waals surface area contributed by atoms with Crippen LogP contribution < -0.4 is 15.4 Å². The van der Waals surface area contributed by atoms with Crippen LogP contribution in [-0.2, 0) is 27.1 Å². The Hall–Kier alpha value is -3.35. The fourth-order valence-corrected chi connectivity index (χ4v) is 3.58. The van der Waals surface area contributed by atoms with Crippen LogP contribution in [0, 0.1) is 0 Å². The van der Waals surface area contributed by atoms with E-state index in [0.29, 0.717) is 11.3 Å². The number of nitrogens with zero attached hydrogens (tertiary/aromatic N) is 1. The third-order valence-electron chi connectivity index (χ3n) is 5.57. The second-order valence-electron chi connectivity index (χ2n) is 8.86. The number of amides is 4. The Morgan fingerprint density at radius 3 is 2.35 bits per heavy atom. The van der Waals surface area contributed by atoms with Crippen molar-refractivity contribution >= 4 is 17.8 Å². The Bertz CT molecular complexity index is 995. The Morgan fingerprint density at radius 1 is 1.10 bits per heavy atom. The van der Waals surface area contributed by atoms with E-state index in [1.165, 1.54) is 0 Å². The van der Waals surface area contributed by atoms with Crippen molar-refractivity contribution in [3.05, 3.63) is 65.2 Å². The molecule has 1 aliphatic heterocycles. The molecule has 0 radical (unpaired) electrons. The van der Waals surface area contributed by atoms with Gasteiger partial charge in [0.2, 0.25) is 5.91 Å². The zero-order valence-corrected chi connectivity index (χ0v) is 18.6. The molecule has 7 nitrogen and oxygen atoms in total. The Kier molecular flexibility index (Phi) is 6.06. The Morgan fingerprint density at radius 2 is 1.74 bits per heavy atom. The quantitative estimate of drug-likeness (QED) is 0.699. The average Bonchev–Trinajstić information content (AvgIpc) is 2.96. The normalized spacial score (nSPS) is 18.7. The fraction of sp³-hybridized carbons (Fsp3) is 0.375. The lowest BCUT2D eigenvalue weighted by molar-refractivity contribution is -0.134. The second-order valence-corrected chi connectivity index (χ2v) is 8.86. The van der Waals surface area contributed by atoms with Crippen molar-refractivity contribution in [1.29, 1.82) is 0 Å². The number of urea groups is 1. The van der Waals surface area contributed by atoms with Crippen LogP contribution in [0.15, 0.2) is 48.5 Å². The van der Waals surface area contributed by atoms with Crippen LogP contribution >= 0.6 is 0 Å². The minimum Gasteiger partial charge on any atom is -0.496 e. The minimum absolute atomic E-state index is 0.0199. The maximum Gasteiger partial charge on any atom is 0.325 e. The number of methoxy groups -OCH3 is 1. The number of rotatable bonds is 6. The van der Waals surface area contributed by atoms with E-state index >= 15 is 0 Å². The van der Waals surface area contributed by atoms with E-state index in [1.54, 1.807) is 20.1 Å². The molecule has 2 aromatic carbocycles. The molecule has 0 aromatic heterocycles. The summed E-state index contributed by atoms with van der Waals surface area (Å²) in [6.07, 6.45) is 0. The van der Waals surface area contributed by atoms with Crippen LogP contribution in [0.4, 0.5) is 4.79 Å². The number of benzene rings is 2. The largest absolute Gasteiger partial charge is 0.496 e. The Labute approximate surface area is 182 Å². The van der Waals surface area contributed by atoms with Crippen molar-refractivity contribution in [2.24, 2.45) is 0 Å². The fourth-order valence-electron chi connectivity index (χ4n) is 3.58. The number of hydrogen-bond donors (Lipinski definition) is 2. The standard InChI is InChI=1S/C24H29N3O4/c1-23(2,3)17-10-12-18(13-11-17)24(4)21(29)27(22(30)26-24)15-20(28)25-14-16-8-6-7-9-19(16)31-5/h6-13H,14-15H2,1-5H3,(H,25,28)(H,26,30)/t24-/m1/s1. The average molecular weight is 424 g/mol. The maximum atomic E-state index is 13.1. The molecule has 164 valence electrons. The molecule has 2 aromatic rings. The van der Waals surface area contributed by atoms with Gasteiger partial charge in [-0.1, -0.05) is 63.2 Å². The van der Waals surface area contributed by atoms with Gasteiger partial charge < -0.3 is 15.4 Å². The summed E-state index contributed by atoms with van der Waals surface area (Å²) in [4.78, 5) is 39.0. The zero-order chi connectivity index (χ0) is 22.8. The van der Waals surface area contributed by atoms with Crippen molar-refractivity contribution in [3.63, 3.8) is 0 Å². The van der Waals surface area contributed by atoms with Crippen LogP contribution in [0.25, 0.3) is 0 Å². The summed E-state index contributed by atoms with van der Waals surface area (Å²) in [7, 11) is 1.56. The molecule has 1 fully saturated rings. The molecule has 1 atom stereocenters. The van der Waals surface area contributed by atoms with E-state index < -0.39 is 23.4 Å². The maximum absolute atomic E-state index is 13.1. The lowest BCUT2D eigenvalue weighted by Gasteiger charge is -2.24. The third kappa shape index (κ3) is 4.55. The number of nitrogens with one attached hydrogen (secondary N) is 2. The summed E-state index contributed by atoms with van der Waals surface area (Å²) in [6, 6.07) is 14.4. The summed E-state index contributed by atoms with van der Waals surface area (Å²) in [5, 5.41) is 5.48. The van der Waals surface area contributed by atoms with Gasteiger partial charge in [-0.3, -0.25) is 14.5 Å². The van der Waals surface area contributed by atoms with Crippen molar-refractivity contribution in [2.75, 3.05) is 13.7 Å². The minimum atomic E-state index is -1.21. The number of ether oxygens (including phenoxy) is 1. The van der Waals surface area contributed by atoms with Gasteiger partial charge in [-0.25, -0.2) is 4.79 Å². The predicted octanol–water partition coefficient (Wildman–Crippen LogP) is 3.08. The zero-order valence-electron chi connectivity index (χ0n) is 18.6. The van der Waals surface area contributed by atoms with Crippen molar-refractivity contribution in [2.45, 2.75) is 45.2 Å². The molecule has 1 aliphatic rings. The highest BCUT2D eigenvalue weighted by Crippen LogP contribution is 2.31. The lowest BCUT2D eigenvalue weighted by atomic mass is 9.84. The molecule has 0 aliphatic carbocycles. The summed E-state index contributed by atoms with van der Waals surface area (Å²) in [5.74, 6) is -0.223. The second kappa shape index (κ2) is 8.41. The van der Waals surface area contributed by atoms with E-state index in [9.17, 15) is 14.4 Å². The first-order valence-electron chi connectivity index (χ1n) is 10.2. The predicted molar refractivity (Wildman–Crippen MR) is 118 cm³/mol. The molecular weight excluding hydrogens is 394 g/mol. The molecule has 7 heteroatoms. The van der Waals surface area contributed by atoms with Gasteiger partial charge in [0.1, 0.15) is 17.8 Å². The van der Waals surface area contributed by atoms with Gasteiger partial charge in [0.15, 0.2) is 0 Å². The van der Waals surface area contributed by atoms with Gasteiger partial charge in [0, 0.05) is 12.1 Å². The number of carbonyl (C=O) groups excluding carboxylic acids is 3. The van der Waals surface area contributed by atoms with Crippen LogP contribution in [0.1, 0.15) is 44.4 Å². The van der Waals surface area contributed by atoms with E-state index in [0.717, 1.165) is 16.0 Å². The van der Waals surface area contributed by atoms with Gasteiger partial charge in [-0.2, -0.15) is 0 Å². The van der Waals surface area contributed by atoms with Gasteiger partial charge in [0.25, 0.3) is 5.91 Å². The first-order valence-corrected chi connectivity index (χ1v) is 10.2. The van der Waals surface area contributed by atoms with Crippen molar-refractivity contribution in [3.8, 4) is 5.75 Å². The SMILES string of the molecule is COc1ccccc1CNC(=O)CN1C(=O)N[C@](C)(c2ccc(C(C)(C)C)cc2)C1=O. The summed E-state index contributed by atoms with van der Waals surface area (Å²) < 4.78 is 5.27.